The van der Waals surface area contributed by atoms with Crippen LogP contribution in [0, 0.1) is 0 Å². The predicted octanol–water partition coefficient (Wildman–Crippen LogP) is 1.89. The average Bonchev–Trinajstić information content (AvgIpc) is 3.24. The number of amides is 1. The van der Waals surface area contributed by atoms with Gasteiger partial charge in [0.05, 0.1) is 35.3 Å². The fourth-order valence-corrected chi connectivity index (χ4v) is 4.67. The second-order valence-electron chi connectivity index (χ2n) is 7.14. The van der Waals surface area contributed by atoms with Crippen LogP contribution >= 0.6 is 11.3 Å². The van der Waals surface area contributed by atoms with Crippen LogP contribution in [0.4, 0.5) is 11.5 Å². The van der Waals surface area contributed by atoms with E-state index in [0.29, 0.717) is 18.1 Å². The molecule has 0 bridgehead atoms. The number of para-hydroxylation sites is 1. The molecule has 0 atom stereocenters. The molecule has 0 aliphatic carbocycles. The molecule has 0 saturated carbocycles. The van der Waals surface area contributed by atoms with Crippen LogP contribution < -0.4 is 9.80 Å². The third-order valence-corrected chi connectivity index (χ3v) is 6.40. The first kappa shape index (κ1) is 18.3. The Bertz CT molecular complexity index is 978. The molecule has 5 rings (SSSR count). The van der Waals surface area contributed by atoms with Gasteiger partial charge < -0.3 is 19.4 Å². The van der Waals surface area contributed by atoms with Gasteiger partial charge in [-0.1, -0.05) is 12.1 Å². The van der Waals surface area contributed by atoms with E-state index >= 15 is 0 Å². The van der Waals surface area contributed by atoms with Gasteiger partial charge in [0.15, 0.2) is 10.8 Å². The second kappa shape index (κ2) is 7.92. The summed E-state index contributed by atoms with van der Waals surface area (Å²) in [5.41, 5.74) is 1.94. The zero-order valence-corrected chi connectivity index (χ0v) is 16.8. The summed E-state index contributed by atoms with van der Waals surface area (Å²) >= 11 is 1.46. The van der Waals surface area contributed by atoms with Gasteiger partial charge in [-0.05, 0) is 12.1 Å². The number of fused-ring (bicyclic) bond motifs is 1. The monoisotopic (exact) mass is 410 g/mol. The van der Waals surface area contributed by atoms with Gasteiger partial charge in [0.2, 0.25) is 0 Å². The molecule has 2 fully saturated rings. The highest BCUT2D eigenvalue weighted by atomic mass is 32.1. The molecule has 150 valence electrons. The predicted molar refractivity (Wildman–Crippen MR) is 113 cm³/mol. The number of piperazine rings is 1. The number of morpholine rings is 1. The first-order chi connectivity index (χ1) is 14.3. The molecule has 0 spiro atoms. The highest BCUT2D eigenvalue weighted by molar-refractivity contribution is 7.20. The summed E-state index contributed by atoms with van der Waals surface area (Å²) in [6.07, 6.45) is 1.80. The molecule has 3 aromatic rings. The Kier molecular flexibility index (Phi) is 4.99. The minimum Gasteiger partial charge on any atom is -0.378 e. The molecular formula is C20H22N6O2S. The van der Waals surface area contributed by atoms with E-state index < -0.39 is 0 Å². The summed E-state index contributed by atoms with van der Waals surface area (Å²) in [6.45, 7) is 5.99. The maximum Gasteiger partial charge on any atom is 0.282 e. The molecule has 1 aromatic carbocycles. The molecule has 0 N–H and O–H groups in total. The Morgan fingerprint density at radius 3 is 2.59 bits per heavy atom. The zero-order chi connectivity index (χ0) is 19.6. The minimum atomic E-state index is 0.0210. The largest absolute Gasteiger partial charge is 0.378 e. The Morgan fingerprint density at radius 1 is 1.00 bits per heavy atom. The minimum absolute atomic E-state index is 0.0210. The number of ether oxygens (including phenoxy) is 1. The smallest absolute Gasteiger partial charge is 0.282 e. The molecule has 4 heterocycles. The van der Waals surface area contributed by atoms with Crippen molar-refractivity contribution in [2.24, 2.45) is 0 Å². The molecule has 2 aliphatic rings. The van der Waals surface area contributed by atoms with Crippen LogP contribution in [0.25, 0.3) is 10.2 Å². The Morgan fingerprint density at radius 2 is 1.79 bits per heavy atom. The molecule has 2 saturated heterocycles. The quantitative estimate of drug-likeness (QED) is 0.653. The van der Waals surface area contributed by atoms with Gasteiger partial charge in [-0.2, -0.15) is 5.10 Å². The van der Waals surface area contributed by atoms with Crippen molar-refractivity contribution in [3.63, 3.8) is 0 Å². The fraction of sp³-hybridized carbons (Fsp3) is 0.400. The van der Waals surface area contributed by atoms with Gasteiger partial charge >= 0.3 is 0 Å². The number of thiazole rings is 1. The lowest BCUT2D eigenvalue weighted by atomic mass is 10.2. The van der Waals surface area contributed by atoms with Crippen molar-refractivity contribution in [3.05, 3.63) is 41.5 Å². The molecular weight excluding hydrogens is 388 g/mol. The third-order valence-electron chi connectivity index (χ3n) is 5.37. The number of hydrogen-bond donors (Lipinski definition) is 0. The molecule has 8 nitrogen and oxygen atoms in total. The van der Waals surface area contributed by atoms with Crippen molar-refractivity contribution >= 4 is 39.0 Å². The van der Waals surface area contributed by atoms with Crippen LogP contribution in [-0.4, -0.2) is 78.5 Å². The summed E-state index contributed by atoms with van der Waals surface area (Å²) in [5.74, 6) is 0.909. The van der Waals surface area contributed by atoms with Crippen molar-refractivity contribution in [1.82, 2.24) is 20.1 Å². The van der Waals surface area contributed by atoms with E-state index in [1.807, 2.05) is 29.2 Å². The van der Waals surface area contributed by atoms with E-state index in [0.717, 1.165) is 61.1 Å². The highest BCUT2D eigenvalue weighted by Gasteiger charge is 2.25. The lowest BCUT2D eigenvalue weighted by Crippen LogP contribution is -2.49. The summed E-state index contributed by atoms with van der Waals surface area (Å²) < 4.78 is 6.46. The van der Waals surface area contributed by atoms with Crippen molar-refractivity contribution in [2.75, 3.05) is 62.3 Å². The number of carbonyl (C=O) groups excluding carboxylic acids is 1. The number of rotatable bonds is 3. The lowest BCUT2D eigenvalue weighted by molar-refractivity contribution is 0.0746. The van der Waals surface area contributed by atoms with Crippen molar-refractivity contribution in [1.29, 1.82) is 0 Å². The van der Waals surface area contributed by atoms with Crippen molar-refractivity contribution < 1.29 is 9.53 Å². The van der Waals surface area contributed by atoms with E-state index in [1.165, 1.54) is 11.3 Å². The lowest BCUT2D eigenvalue weighted by Gasteiger charge is -2.36. The van der Waals surface area contributed by atoms with Crippen LogP contribution in [-0.2, 0) is 4.74 Å². The SMILES string of the molecule is O=C(c1nc2ccccc2s1)N1CCN(c2cnnc(N3CCOCC3)c2)CC1. The van der Waals surface area contributed by atoms with Crippen molar-refractivity contribution in [2.45, 2.75) is 0 Å². The zero-order valence-electron chi connectivity index (χ0n) is 16.0. The normalized spacial score (nSPS) is 17.7. The van der Waals surface area contributed by atoms with E-state index in [2.05, 4.69) is 31.0 Å². The van der Waals surface area contributed by atoms with Gasteiger partial charge in [0.1, 0.15) is 0 Å². The molecule has 9 heteroatoms. The topological polar surface area (TPSA) is 74.7 Å². The van der Waals surface area contributed by atoms with Crippen LogP contribution in [0.15, 0.2) is 36.5 Å². The second-order valence-corrected chi connectivity index (χ2v) is 8.17. The summed E-state index contributed by atoms with van der Waals surface area (Å²) in [6, 6.07) is 9.96. The molecule has 0 unspecified atom stereocenters. The fourth-order valence-electron chi connectivity index (χ4n) is 3.73. The highest BCUT2D eigenvalue weighted by Crippen LogP contribution is 2.24. The number of benzene rings is 1. The Balaban J connectivity index is 1.25. The van der Waals surface area contributed by atoms with Crippen LogP contribution in [0.5, 0.6) is 0 Å². The maximum absolute atomic E-state index is 12.9. The van der Waals surface area contributed by atoms with Gasteiger partial charge in [-0.3, -0.25) is 4.79 Å². The van der Waals surface area contributed by atoms with Gasteiger partial charge in [0, 0.05) is 45.3 Å². The summed E-state index contributed by atoms with van der Waals surface area (Å²) in [7, 11) is 0. The van der Waals surface area contributed by atoms with Gasteiger partial charge in [-0.25, -0.2) is 4.98 Å². The molecule has 29 heavy (non-hydrogen) atoms. The van der Waals surface area contributed by atoms with Crippen LogP contribution in [0.1, 0.15) is 9.80 Å². The summed E-state index contributed by atoms with van der Waals surface area (Å²) in [5, 5.41) is 9.05. The van der Waals surface area contributed by atoms with Gasteiger partial charge in [0.25, 0.3) is 5.91 Å². The first-order valence-electron chi connectivity index (χ1n) is 9.83. The van der Waals surface area contributed by atoms with Crippen LogP contribution in [0.2, 0.25) is 0 Å². The van der Waals surface area contributed by atoms with E-state index in [9.17, 15) is 4.79 Å². The van der Waals surface area contributed by atoms with Crippen molar-refractivity contribution in [3.8, 4) is 0 Å². The summed E-state index contributed by atoms with van der Waals surface area (Å²) in [4.78, 5) is 23.8. The maximum atomic E-state index is 12.9. The third kappa shape index (κ3) is 3.75. The number of carbonyl (C=O) groups is 1. The van der Waals surface area contributed by atoms with Gasteiger partial charge in [-0.15, -0.1) is 16.4 Å². The Labute approximate surface area is 172 Å². The first-order valence-corrected chi connectivity index (χ1v) is 10.6. The molecule has 2 aliphatic heterocycles. The number of anilines is 2. The van der Waals surface area contributed by atoms with Crippen LogP contribution in [0.3, 0.4) is 0 Å². The standard InChI is InChI=1S/C20H22N6O2S/c27-20(19-22-16-3-1-2-4-17(16)29-19)26-7-5-24(6-8-26)15-13-18(23-21-14-15)25-9-11-28-12-10-25/h1-4,13-14H,5-12H2. The number of hydrogen-bond acceptors (Lipinski definition) is 8. The average molecular weight is 411 g/mol. The molecule has 0 radical (unpaired) electrons. The van der Waals surface area contributed by atoms with E-state index in [4.69, 9.17) is 4.74 Å². The number of nitrogens with zero attached hydrogens (tertiary/aromatic N) is 6. The Hall–Kier alpha value is -2.78. The molecule has 1 amide bonds. The van der Waals surface area contributed by atoms with E-state index in [-0.39, 0.29) is 5.91 Å². The van der Waals surface area contributed by atoms with E-state index in [1.54, 1.807) is 6.20 Å². The number of aromatic nitrogens is 3. The molecule has 2 aromatic heterocycles.